The first-order chi connectivity index (χ1) is 11.2. The molecule has 0 bridgehead atoms. The lowest BCUT2D eigenvalue weighted by Gasteiger charge is -2.16. The predicted molar refractivity (Wildman–Crippen MR) is 98.5 cm³/mol. The van der Waals surface area contributed by atoms with Crippen LogP contribution in [0, 0.1) is 11.8 Å². The minimum atomic E-state index is 0.329. The molecule has 0 N–H and O–H groups in total. The average Bonchev–Trinajstić information content (AvgIpc) is 2.94. The summed E-state index contributed by atoms with van der Waals surface area (Å²) in [5, 5.41) is 0. The number of hydrogen-bond donors (Lipinski definition) is 0. The lowest BCUT2D eigenvalue weighted by atomic mass is 10.00. The van der Waals surface area contributed by atoms with Gasteiger partial charge in [0, 0.05) is 19.0 Å². The molecule has 0 aromatic carbocycles. The fourth-order valence-electron chi connectivity index (χ4n) is 3.29. The molecular formula is C20H39NO2. The van der Waals surface area contributed by atoms with Gasteiger partial charge in [-0.25, -0.2) is 0 Å². The number of likely N-dealkylation sites (tertiary alicyclic amines) is 1. The Morgan fingerprint density at radius 3 is 2.13 bits per heavy atom. The van der Waals surface area contributed by atoms with Crippen molar-refractivity contribution in [2.75, 3.05) is 13.1 Å². The van der Waals surface area contributed by atoms with E-state index < -0.39 is 0 Å². The van der Waals surface area contributed by atoms with Gasteiger partial charge < -0.3 is 9.69 Å². The van der Waals surface area contributed by atoms with Crippen molar-refractivity contribution in [1.29, 1.82) is 0 Å². The fourth-order valence-corrected chi connectivity index (χ4v) is 3.29. The van der Waals surface area contributed by atoms with E-state index in [-0.39, 0.29) is 0 Å². The number of carbonyl (C=O) groups excluding carboxylic acids is 2. The van der Waals surface area contributed by atoms with E-state index in [1.807, 2.05) is 6.79 Å². The maximum absolute atomic E-state index is 12.0. The summed E-state index contributed by atoms with van der Waals surface area (Å²) < 4.78 is 0. The second kappa shape index (κ2) is 14.7. The van der Waals surface area contributed by atoms with Crippen LogP contribution in [0.25, 0.3) is 0 Å². The molecule has 1 heterocycles. The quantitative estimate of drug-likeness (QED) is 0.461. The zero-order valence-electron chi connectivity index (χ0n) is 15.8. The van der Waals surface area contributed by atoms with Crippen LogP contribution in [0.4, 0.5) is 0 Å². The first kappa shape index (κ1) is 22.1. The molecule has 0 radical (unpaired) electrons. The van der Waals surface area contributed by atoms with Crippen LogP contribution in [0.3, 0.4) is 0 Å². The molecule has 0 aromatic rings. The molecule has 1 rings (SSSR count). The maximum Gasteiger partial charge on any atom is 0.225 e. The van der Waals surface area contributed by atoms with E-state index in [2.05, 4.69) is 25.7 Å². The number of amides is 1. The Morgan fingerprint density at radius 2 is 1.61 bits per heavy atom. The molecule has 2 atom stereocenters. The van der Waals surface area contributed by atoms with Crippen molar-refractivity contribution in [2.45, 2.75) is 91.4 Å². The highest BCUT2D eigenvalue weighted by molar-refractivity contribution is 5.80. The molecule has 1 aliphatic rings. The van der Waals surface area contributed by atoms with Crippen molar-refractivity contribution >= 4 is 12.7 Å². The Balaban J connectivity index is 0.00000232. The smallest absolute Gasteiger partial charge is 0.225 e. The number of hydrogen-bond acceptors (Lipinski definition) is 2. The Bertz CT molecular complexity index is 293. The van der Waals surface area contributed by atoms with Gasteiger partial charge in [-0.2, -0.15) is 0 Å². The molecule has 23 heavy (non-hydrogen) atoms. The predicted octanol–water partition coefficient (Wildman–Crippen LogP) is 5.23. The molecule has 3 nitrogen and oxygen atoms in total. The minimum absolute atomic E-state index is 0.329. The summed E-state index contributed by atoms with van der Waals surface area (Å²) >= 11 is 0. The Kier molecular flexibility index (Phi) is 14.2. The monoisotopic (exact) mass is 325 g/mol. The van der Waals surface area contributed by atoms with E-state index in [9.17, 15) is 4.79 Å². The van der Waals surface area contributed by atoms with Gasteiger partial charge in [0.1, 0.15) is 6.79 Å². The molecule has 3 heteroatoms. The van der Waals surface area contributed by atoms with Gasteiger partial charge in [-0.1, -0.05) is 72.1 Å². The van der Waals surface area contributed by atoms with E-state index >= 15 is 0 Å². The molecule has 0 saturated carbocycles. The Morgan fingerprint density at radius 1 is 1.04 bits per heavy atom. The molecule has 0 aliphatic carbocycles. The highest BCUT2D eigenvalue weighted by atomic mass is 16.2. The average molecular weight is 326 g/mol. The molecule has 1 saturated heterocycles. The van der Waals surface area contributed by atoms with Crippen LogP contribution in [-0.4, -0.2) is 30.7 Å². The third kappa shape index (κ3) is 9.78. The normalized spacial score (nSPS) is 18.7. The Labute approximate surface area is 144 Å². The van der Waals surface area contributed by atoms with Crippen molar-refractivity contribution in [3.8, 4) is 0 Å². The van der Waals surface area contributed by atoms with Crippen LogP contribution in [-0.2, 0) is 9.59 Å². The molecule has 2 unspecified atom stereocenters. The van der Waals surface area contributed by atoms with E-state index in [1.165, 1.54) is 57.8 Å². The van der Waals surface area contributed by atoms with E-state index in [0.29, 0.717) is 11.8 Å². The molecule has 136 valence electrons. The lowest BCUT2D eigenvalue weighted by molar-refractivity contribution is -0.131. The summed E-state index contributed by atoms with van der Waals surface area (Å²) in [7, 11) is 0. The fraction of sp³-hybridized carbons (Fsp3) is 0.900. The number of carbonyl (C=O) groups is 2. The van der Waals surface area contributed by atoms with Gasteiger partial charge >= 0.3 is 0 Å². The zero-order chi connectivity index (χ0) is 17.5. The van der Waals surface area contributed by atoms with Gasteiger partial charge in [-0.05, 0) is 25.2 Å². The van der Waals surface area contributed by atoms with Gasteiger partial charge in [0.2, 0.25) is 5.91 Å². The van der Waals surface area contributed by atoms with Gasteiger partial charge in [0.05, 0.1) is 0 Å². The topological polar surface area (TPSA) is 37.4 Å². The minimum Gasteiger partial charge on any atom is -0.342 e. The highest BCUT2D eigenvalue weighted by Crippen LogP contribution is 2.21. The van der Waals surface area contributed by atoms with Gasteiger partial charge in [-0.15, -0.1) is 0 Å². The third-order valence-electron chi connectivity index (χ3n) is 5.22. The summed E-state index contributed by atoms with van der Waals surface area (Å²) in [6.45, 7) is 10.8. The summed E-state index contributed by atoms with van der Waals surface area (Å²) in [5.41, 5.74) is 0. The molecular weight excluding hydrogens is 286 g/mol. The van der Waals surface area contributed by atoms with Crippen LogP contribution >= 0.6 is 0 Å². The molecule has 0 aromatic heterocycles. The maximum atomic E-state index is 12.0. The van der Waals surface area contributed by atoms with Gasteiger partial charge in [0.15, 0.2) is 0 Å². The lowest BCUT2D eigenvalue weighted by Crippen LogP contribution is -2.28. The molecule has 1 aliphatic heterocycles. The van der Waals surface area contributed by atoms with E-state index in [4.69, 9.17) is 4.79 Å². The van der Waals surface area contributed by atoms with Crippen molar-refractivity contribution in [1.82, 2.24) is 4.90 Å². The van der Waals surface area contributed by atoms with Crippen molar-refractivity contribution in [3.63, 3.8) is 0 Å². The second-order valence-electron chi connectivity index (χ2n) is 7.00. The summed E-state index contributed by atoms with van der Waals surface area (Å²) in [6, 6.07) is 0. The van der Waals surface area contributed by atoms with Gasteiger partial charge in [0.25, 0.3) is 0 Å². The van der Waals surface area contributed by atoms with Crippen LogP contribution in [0.15, 0.2) is 0 Å². The van der Waals surface area contributed by atoms with Crippen molar-refractivity contribution in [2.24, 2.45) is 11.8 Å². The molecule has 1 fully saturated rings. The second-order valence-corrected chi connectivity index (χ2v) is 7.00. The number of unbranched alkanes of at least 4 members (excludes halogenated alkanes) is 6. The zero-order valence-corrected chi connectivity index (χ0v) is 15.8. The van der Waals surface area contributed by atoms with E-state index in [0.717, 1.165) is 31.8 Å². The summed E-state index contributed by atoms with van der Waals surface area (Å²) in [6.07, 6.45) is 14.3. The highest BCUT2D eigenvalue weighted by Gasteiger charge is 2.29. The molecule has 0 spiro atoms. The van der Waals surface area contributed by atoms with Gasteiger partial charge in [-0.3, -0.25) is 4.79 Å². The largest absolute Gasteiger partial charge is 0.342 e. The van der Waals surface area contributed by atoms with Crippen molar-refractivity contribution < 1.29 is 9.59 Å². The third-order valence-corrected chi connectivity index (χ3v) is 5.22. The van der Waals surface area contributed by atoms with Crippen LogP contribution in [0.5, 0.6) is 0 Å². The first-order valence-electron chi connectivity index (χ1n) is 9.76. The summed E-state index contributed by atoms with van der Waals surface area (Å²) in [5.74, 6) is 1.66. The standard InChI is InChI=1S/C19H37NO.CH2O/c1-4-17(3)13-11-9-7-6-8-10-12-15-20-16-14-18(5-2)19(20)21;1-2/h17-18H,4-16H2,1-3H3;1H2. The Hall–Kier alpha value is -0.860. The summed E-state index contributed by atoms with van der Waals surface area (Å²) in [4.78, 5) is 22.1. The van der Waals surface area contributed by atoms with Crippen molar-refractivity contribution in [3.05, 3.63) is 0 Å². The molecule has 1 amide bonds. The number of nitrogens with zero attached hydrogens (tertiary/aromatic N) is 1. The number of rotatable bonds is 12. The first-order valence-corrected chi connectivity index (χ1v) is 9.76. The van der Waals surface area contributed by atoms with E-state index in [1.54, 1.807) is 0 Å². The van der Waals surface area contributed by atoms with Crippen LogP contribution < -0.4 is 0 Å². The van der Waals surface area contributed by atoms with Crippen LogP contribution in [0.2, 0.25) is 0 Å². The SMILES string of the molecule is C=O.CCC(C)CCCCCCCCCN1CCC(CC)C1=O. The van der Waals surface area contributed by atoms with Crippen LogP contribution in [0.1, 0.15) is 91.4 Å².